The van der Waals surface area contributed by atoms with E-state index in [-0.39, 0.29) is 35.4 Å². The molecule has 3 aromatic rings. The van der Waals surface area contributed by atoms with Gasteiger partial charge in [-0.05, 0) is 50.5 Å². The second-order valence-electron chi connectivity index (χ2n) is 10.3. The van der Waals surface area contributed by atoms with Crippen LogP contribution in [0, 0.1) is 17.6 Å². The molecule has 10 heteroatoms. The van der Waals surface area contributed by atoms with Gasteiger partial charge in [-0.25, -0.2) is 13.8 Å². The number of ether oxygens (including phenoxy) is 2. The summed E-state index contributed by atoms with van der Waals surface area (Å²) in [5.74, 6) is -1.29. The number of carbonyl (C=O) groups excluding carboxylic acids is 1. The first-order valence-electron chi connectivity index (χ1n) is 13.3. The van der Waals surface area contributed by atoms with Crippen LogP contribution in [0.1, 0.15) is 63.8 Å². The quantitative estimate of drug-likeness (QED) is 0.451. The highest BCUT2D eigenvalue weighted by atomic mass is 19.2. The molecule has 0 bridgehead atoms. The van der Waals surface area contributed by atoms with Crippen molar-refractivity contribution in [2.45, 2.75) is 76.0 Å². The van der Waals surface area contributed by atoms with Crippen LogP contribution in [0.15, 0.2) is 24.3 Å². The van der Waals surface area contributed by atoms with Crippen LogP contribution in [-0.4, -0.2) is 51.9 Å². The van der Waals surface area contributed by atoms with Gasteiger partial charge in [0.1, 0.15) is 11.9 Å². The average molecular weight is 529 g/mol. The molecule has 0 radical (unpaired) electrons. The Morgan fingerprint density at radius 3 is 2.39 bits per heavy atom. The topological polar surface area (TPSA) is 98.5 Å². The van der Waals surface area contributed by atoms with Gasteiger partial charge in [-0.2, -0.15) is 4.98 Å². The number of halogens is 2. The van der Waals surface area contributed by atoms with Crippen LogP contribution >= 0.6 is 0 Å². The van der Waals surface area contributed by atoms with Gasteiger partial charge in [0.2, 0.25) is 17.7 Å². The van der Waals surface area contributed by atoms with Crippen LogP contribution in [-0.2, 0) is 4.79 Å². The van der Waals surface area contributed by atoms with Gasteiger partial charge in [0, 0.05) is 24.2 Å². The summed E-state index contributed by atoms with van der Waals surface area (Å²) < 4.78 is 41.4. The lowest BCUT2D eigenvalue weighted by atomic mass is 9.82. The molecule has 1 unspecified atom stereocenters. The second kappa shape index (κ2) is 11.2. The minimum absolute atomic E-state index is 0.0144. The SMILES string of the molecule is COc1ccc(-c2nc3cc(F)c(F)cc3n2C(C(=O)N[C@H]2CC[C@H](O)CC2)C2CCCCC2)c(OC)n1. The molecule has 204 valence electrons. The predicted octanol–water partition coefficient (Wildman–Crippen LogP) is 4.93. The zero-order valence-electron chi connectivity index (χ0n) is 21.8. The third-order valence-electron chi connectivity index (χ3n) is 7.90. The summed E-state index contributed by atoms with van der Waals surface area (Å²) >= 11 is 0. The third kappa shape index (κ3) is 5.18. The number of fused-ring (bicyclic) bond motifs is 1. The standard InChI is InChI=1S/C28H34F2N4O4/c1-37-24-13-12-19(28(33-24)38-2)26-32-22-14-20(29)21(30)15-23(22)34(26)25(16-6-4-3-5-7-16)27(36)31-17-8-10-18(35)11-9-17/h12-18,25,35H,3-11H2,1-2H3,(H,31,36)/t17-,18-,25?. The Kier molecular flexibility index (Phi) is 7.78. The molecule has 2 N–H and O–H groups in total. The van der Waals surface area contributed by atoms with E-state index in [1.54, 1.807) is 16.7 Å². The van der Waals surface area contributed by atoms with Gasteiger partial charge in [0.05, 0.1) is 36.9 Å². The van der Waals surface area contributed by atoms with Crippen molar-refractivity contribution in [3.05, 3.63) is 35.9 Å². The van der Waals surface area contributed by atoms with E-state index in [0.29, 0.717) is 48.5 Å². The molecule has 0 spiro atoms. The zero-order chi connectivity index (χ0) is 26.8. The Hall–Kier alpha value is -3.27. The Balaban J connectivity index is 1.67. The number of rotatable bonds is 7. The Morgan fingerprint density at radius 2 is 1.71 bits per heavy atom. The van der Waals surface area contributed by atoms with Crippen LogP contribution in [0.5, 0.6) is 11.8 Å². The number of carbonyl (C=O) groups is 1. The fraction of sp³-hybridized carbons (Fsp3) is 0.536. The van der Waals surface area contributed by atoms with Crippen molar-refractivity contribution < 1.29 is 28.2 Å². The first kappa shape index (κ1) is 26.3. The summed E-state index contributed by atoms with van der Waals surface area (Å²) in [5, 5.41) is 13.1. The van der Waals surface area contributed by atoms with E-state index >= 15 is 0 Å². The molecule has 2 aromatic heterocycles. The largest absolute Gasteiger partial charge is 0.481 e. The zero-order valence-corrected chi connectivity index (χ0v) is 21.8. The van der Waals surface area contributed by atoms with E-state index in [9.17, 15) is 18.7 Å². The fourth-order valence-electron chi connectivity index (χ4n) is 5.92. The highest BCUT2D eigenvalue weighted by Crippen LogP contribution is 2.41. The van der Waals surface area contributed by atoms with E-state index in [1.807, 2.05) is 0 Å². The van der Waals surface area contributed by atoms with Gasteiger partial charge in [0.25, 0.3) is 0 Å². The lowest BCUT2D eigenvalue weighted by Gasteiger charge is -2.34. The molecule has 2 aliphatic carbocycles. The van der Waals surface area contributed by atoms with Gasteiger partial charge < -0.3 is 24.5 Å². The van der Waals surface area contributed by atoms with Crippen molar-refractivity contribution in [2.24, 2.45) is 5.92 Å². The second-order valence-corrected chi connectivity index (χ2v) is 10.3. The minimum atomic E-state index is -1.01. The molecule has 2 fully saturated rings. The summed E-state index contributed by atoms with van der Waals surface area (Å²) in [4.78, 5) is 23.1. The first-order valence-corrected chi connectivity index (χ1v) is 13.3. The number of nitrogens with zero attached hydrogens (tertiary/aromatic N) is 3. The molecular weight excluding hydrogens is 494 g/mol. The van der Waals surface area contributed by atoms with Crippen LogP contribution in [0.25, 0.3) is 22.4 Å². The predicted molar refractivity (Wildman–Crippen MR) is 138 cm³/mol. The molecule has 2 saturated carbocycles. The fourth-order valence-corrected chi connectivity index (χ4v) is 5.92. The molecule has 0 aliphatic heterocycles. The number of nitrogens with one attached hydrogen (secondary N) is 1. The number of aromatic nitrogens is 3. The van der Waals surface area contributed by atoms with Crippen LogP contribution in [0.4, 0.5) is 8.78 Å². The van der Waals surface area contributed by atoms with Gasteiger partial charge in [-0.3, -0.25) is 4.79 Å². The van der Waals surface area contributed by atoms with Crippen molar-refractivity contribution in [3.8, 4) is 23.1 Å². The Morgan fingerprint density at radius 1 is 1.00 bits per heavy atom. The first-order chi connectivity index (χ1) is 18.4. The maximum absolute atomic E-state index is 14.6. The molecule has 2 heterocycles. The van der Waals surface area contributed by atoms with Crippen molar-refractivity contribution >= 4 is 16.9 Å². The molecule has 2 aliphatic rings. The number of imidazole rings is 1. The van der Waals surface area contributed by atoms with E-state index < -0.39 is 17.7 Å². The Bertz CT molecular complexity index is 1300. The molecular formula is C28H34F2N4O4. The lowest BCUT2D eigenvalue weighted by Crippen LogP contribution is -2.44. The van der Waals surface area contributed by atoms with Crippen LogP contribution < -0.4 is 14.8 Å². The van der Waals surface area contributed by atoms with Crippen LogP contribution in [0.3, 0.4) is 0 Å². The molecule has 8 nitrogen and oxygen atoms in total. The number of aliphatic hydroxyl groups excluding tert-OH is 1. The van der Waals surface area contributed by atoms with Gasteiger partial charge in [-0.1, -0.05) is 19.3 Å². The molecule has 1 amide bonds. The molecule has 5 rings (SSSR count). The summed E-state index contributed by atoms with van der Waals surface area (Å²) in [6.07, 6.45) is 7.06. The average Bonchev–Trinajstić information content (AvgIpc) is 3.27. The van der Waals surface area contributed by atoms with E-state index in [1.165, 1.54) is 14.2 Å². The number of pyridine rings is 1. The molecule has 38 heavy (non-hydrogen) atoms. The minimum Gasteiger partial charge on any atom is -0.481 e. The van der Waals surface area contributed by atoms with E-state index in [0.717, 1.165) is 44.2 Å². The summed E-state index contributed by atoms with van der Waals surface area (Å²) in [6.45, 7) is 0. The van der Waals surface area contributed by atoms with Crippen molar-refractivity contribution in [2.75, 3.05) is 14.2 Å². The van der Waals surface area contributed by atoms with Crippen LogP contribution in [0.2, 0.25) is 0 Å². The van der Waals surface area contributed by atoms with Crippen molar-refractivity contribution in [1.29, 1.82) is 0 Å². The highest BCUT2D eigenvalue weighted by Gasteiger charge is 2.36. The van der Waals surface area contributed by atoms with Gasteiger partial charge >= 0.3 is 0 Å². The number of hydrogen-bond donors (Lipinski definition) is 2. The molecule has 0 saturated heterocycles. The number of amides is 1. The van der Waals surface area contributed by atoms with Crippen molar-refractivity contribution in [3.63, 3.8) is 0 Å². The molecule has 1 atom stereocenters. The number of hydrogen-bond acceptors (Lipinski definition) is 6. The Labute approximate surface area is 220 Å². The number of methoxy groups -OCH3 is 2. The van der Waals surface area contributed by atoms with E-state index in [4.69, 9.17) is 9.47 Å². The van der Waals surface area contributed by atoms with Gasteiger partial charge in [-0.15, -0.1) is 0 Å². The summed E-state index contributed by atoms with van der Waals surface area (Å²) in [6, 6.07) is 4.82. The number of aliphatic hydroxyl groups is 1. The normalized spacial score (nSPS) is 21.3. The highest BCUT2D eigenvalue weighted by molar-refractivity contribution is 5.88. The van der Waals surface area contributed by atoms with E-state index in [2.05, 4.69) is 15.3 Å². The smallest absolute Gasteiger partial charge is 0.243 e. The number of benzene rings is 1. The molecule has 1 aromatic carbocycles. The maximum Gasteiger partial charge on any atom is 0.243 e. The van der Waals surface area contributed by atoms with Gasteiger partial charge in [0.15, 0.2) is 11.6 Å². The third-order valence-corrected chi connectivity index (χ3v) is 7.90. The summed E-state index contributed by atoms with van der Waals surface area (Å²) in [5.41, 5.74) is 1.06. The lowest BCUT2D eigenvalue weighted by molar-refractivity contribution is -0.127. The monoisotopic (exact) mass is 528 g/mol. The van der Waals surface area contributed by atoms with Crippen molar-refractivity contribution in [1.82, 2.24) is 19.9 Å². The summed E-state index contributed by atoms with van der Waals surface area (Å²) in [7, 11) is 2.97. The maximum atomic E-state index is 14.6.